The molecule has 0 fully saturated rings. The number of ether oxygens (including phenoxy) is 3. The van der Waals surface area contributed by atoms with E-state index in [0.717, 1.165) is 0 Å². The summed E-state index contributed by atoms with van der Waals surface area (Å²) in [6, 6.07) is 8.94. The quantitative estimate of drug-likeness (QED) is 0.113. The lowest BCUT2D eigenvalue weighted by Gasteiger charge is -2.28. The normalized spacial score (nSPS) is 14.6. The molecule has 3 aromatic rings. The Bertz CT molecular complexity index is 1690. The number of nitro groups is 1. The summed E-state index contributed by atoms with van der Waals surface area (Å²) in [4.78, 5) is 47.6. The number of nitrogens with zero attached hydrogens (tertiary/aromatic N) is 2. The van der Waals surface area contributed by atoms with Gasteiger partial charge in [0.2, 0.25) is 0 Å². The van der Waals surface area contributed by atoms with Crippen molar-refractivity contribution in [2.75, 3.05) is 20.3 Å². The summed E-state index contributed by atoms with van der Waals surface area (Å²) in [5.74, 6) is -0.267. The second-order valence-electron chi connectivity index (χ2n) is 9.03. The maximum Gasteiger partial charge on any atom is 0.338 e. The van der Waals surface area contributed by atoms with Crippen LogP contribution < -0.4 is 25.5 Å². The van der Waals surface area contributed by atoms with Gasteiger partial charge in [-0.1, -0.05) is 29.3 Å². The molecule has 2 heterocycles. The average Bonchev–Trinajstić information content (AvgIpc) is 3.44. The zero-order valence-corrected chi connectivity index (χ0v) is 24.9. The van der Waals surface area contributed by atoms with Crippen molar-refractivity contribution in [3.05, 3.63) is 85.2 Å². The van der Waals surface area contributed by atoms with E-state index in [1.54, 1.807) is 26.0 Å². The number of rotatable bonds is 11. The van der Waals surface area contributed by atoms with Gasteiger partial charge in [-0.15, -0.1) is 0 Å². The number of methoxy groups -OCH3 is 1. The lowest BCUT2D eigenvalue weighted by molar-refractivity contribution is -0.384. The molecule has 0 bridgehead atoms. The van der Waals surface area contributed by atoms with Gasteiger partial charge in [0.25, 0.3) is 11.6 Å². The van der Waals surface area contributed by atoms with Crippen LogP contribution >= 0.6 is 23.2 Å². The first-order chi connectivity index (χ1) is 21.0. The fraction of sp³-hybridized carbons (Fsp3) is 0.214. The molecule has 0 unspecified atom stereocenters. The number of nitrogens with one attached hydrogen (secondary N) is 3. The van der Waals surface area contributed by atoms with Crippen LogP contribution in [0.5, 0.6) is 11.5 Å². The van der Waals surface area contributed by atoms with Crippen molar-refractivity contribution in [2.24, 2.45) is 5.10 Å². The lowest BCUT2D eigenvalue weighted by Crippen LogP contribution is -2.45. The minimum Gasteiger partial charge on any atom is -0.493 e. The molecule has 1 atom stereocenters. The first kappa shape index (κ1) is 31.8. The van der Waals surface area contributed by atoms with Crippen molar-refractivity contribution in [1.29, 1.82) is 0 Å². The number of benzene rings is 2. The number of hydrazone groups is 1. The number of furan rings is 1. The van der Waals surface area contributed by atoms with Crippen molar-refractivity contribution in [3.63, 3.8) is 0 Å². The first-order valence-corrected chi connectivity index (χ1v) is 13.6. The minimum atomic E-state index is -0.809. The van der Waals surface area contributed by atoms with Gasteiger partial charge in [0.15, 0.2) is 18.1 Å². The van der Waals surface area contributed by atoms with E-state index in [1.165, 1.54) is 43.7 Å². The van der Waals surface area contributed by atoms with E-state index in [-0.39, 0.29) is 56.5 Å². The number of nitro benzene ring substituents is 1. The van der Waals surface area contributed by atoms with E-state index in [4.69, 9.17) is 41.8 Å². The summed E-state index contributed by atoms with van der Waals surface area (Å²) >= 11 is 12.0. The Labute approximate surface area is 260 Å². The second-order valence-corrected chi connectivity index (χ2v) is 9.84. The van der Waals surface area contributed by atoms with E-state index >= 15 is 0 Å². The number of hydrogen-bond acceptors (Lipinski definition) is 10. The molecule has 14 nitrogen and oxygen atoms in total. The smallest absolute Gasteiger partial charge is 0.338 e. The van der Waals surface area contributed by atoms with E-state index in [1.807, 2.05) is 0 Å². The summed E-state index contributed by atoms with van der Waals surface area (Å²) in [6.45, 7) is 3.00. The number of esters is 1. The maximum absolute atomic E-state index is 12.6. The predicted molar refractivity (Wildman–Crippen MR) is 159 cm³/mol. The van der Waals surface area contributed by atoms with Crippen LogP contribution in [-0.4, -0.2) is 49.4 Å². The summed E-state index contributed by atoms with van der Waals surface area (Å²) < 4.78 is 21.8. The molecular weight excluding hydrogens is 621 g/mol. The maximum atomic E-state index is 12.6. The molecule has 3 amide bonds. The Morgan fingerprint density at radius 2 is 1.93 bits per heavy atom. The summed E-state index contributed by atoms with van der Waals surface area (Å²) in [5.41, 5.74) is 3.33. The molecule has 0 spiro atoms. The van der Waals surface area contributed by atoms with Crippen molar-refractivity contribution >= 4 is 53.0 Å². The number of amides is 3. The SMILES string of the molecule is CCOC(=O)C1=C(C)NC(=O)N[C@H]1c1ccc(OCC(=O)N/N=C\c2ccc(-c3cc([N+](=O)[O-])c(Cl)cc3Cl)o2)c(OC)c1. The van der Waals surface area contributed by atoms with Gasteiger partial charge in [0.05, 0.1) is 41.5 Å². The Morgan fingerprint density at radius 3 is 2.64 bits per heavy atom. The molecule has 1 aliphatic rings. The molecule has 0 aliphatic carbocycles. The molecule has 1 aliphatic heterocycles. The Kier molecular flexibility index (Phi) is 10.1. The molecule has 2 aromatic carbocycles. The zero-order valence-electron chi connectivity index (χ0n) is 23.4. The highest BCUT2D eigenvalue weighted by Crippen LogP contribution is 2.37. The van der Waals surface area contributed by atoms with Crippen LogP contribution in [-0.2, 0) is 14.3 Å². The number of urea groups is 1. The molecule has 3 N–H and O–H groups in total. The monoisotopic (exact) mass is 645 g/mol. The topological polar surface area (TPSA) is 184 Å². The molecule has 4 rings (SSSR count). The highest BCUT2D eigenvalue weighted by molar-refractivity contribution is 6.37. The van der Waals surface area contributed by atoms with Gasteiger partial charge < -0.3 is 29.3 Å². The molecular formula is C28H25Cl2N5O9. The number of allylic oxidation sites excluding steroid dienone is 1. The van der Waals surface area contributed by atoms with Crippen LogP contribution in [0, 0.1) is 10.1 Å². The largest absolute Gasteiger partial charge is 0.493 e. The zero-order chi connectivity index (χ0) is 32.0. The van der Waals surface area contributed by atoms with Crippen molar-refractivity contribution in [2.45, 2.75) is 19.9 Å². The van der Waals surface area contributed by atoms with Crippen LogP contribution in [0.1, 0.15) is 31.2 Å². The Hall–Kier alpha value is -5.08. The van der Waals surface area contributed by atoms with Crippen LogP contribution in [0.25, 0.3) is 11.3 Å². The van der Waals surface area contributed by atoms with Crippen molar-refractivity contribution in [1.82, 2.24) is 16.1 Å². The molecule has 230 valence electrons. The van der Waals surface area contributed by atoms with Gasteiger partial charge in [0.1, 0.15) is 16.5 Å². The highest BCUT2D eigenvalue weighted by Gasteiger charge is 2.32. The van der Waals surface area contributed by atoms with E-state index < -0.39 is 35.5 Å². The van der Waals surface area contributed by atoms with Crippen molar-refractivity contribution < 1.29 is 37.9 Å². The Morgan fingerprint density at radius 1 is 1.16 bits per heavy atom. The second kappa shape index (κ2) is 13.9. The van der Waals surface area contributed by atoms with E-state index in [2.05, 4.69) is 21.2 Å². The summed E-state index contributed by atoms with van der Waals surface area (Å²) in [7, 11) is 1.40. The van der Waals surface area contributed by atoms with Crippen molar-refractivity contribution in [3.8, 4) is 22.8 Å². The fourth-order valence-electron chi connectivity index (χ4n) is 4.18. The van der Waals surface area contributed by atoms with Crippen LogP contribution in [0.15, 0.2) is 63.3 Å². The number of halogens is 2. The third kappa shape index (κ3) is 7.27. The molecule has 1 aromatic heterocycles. The lowest BCUT2D eigenvalue weighted by atomic mass is 9.95. The van der Waals surface area contributed by atoms with E-state index in [0.29, 0.717) is 11.3 Å². The first-order valence-electron chi connectivity index (χ1n) is 12.8. The number of carbonyl (C=O) groups excluding carboxylic acids is 3. The standard InChI is InChI=1S/C28H25Cl2N5O9/c1-4-42-27(37)25-14(2)32-28(38)33-26(25)15-5-7-22(23(9-15)41-3)43-13-24(36)34-31-12-16-6-8-21(44-16)17-10-20(35(39)40)19(30)11-18(17)29/h5-12,26H,4,13H2,1-3H3,(H,34,36)(H2,32,33,38)/b31-12-/t26-/m0/s1. The molecule has 0 saturated heterocycles. The van der Waals surface area contributed by atoms with Gasteiger partial charge >= 0.3 is 12.0 Å². The van der Waals surface area contributed by atoms with Gasteiger partial charge in [-0.3, -0.25) is 14.9 Å². The van der Waals surface area contributed by atoms with Crippen LogP contribution in [0.4, 0.5) is 10.5 Å². The van der Waals surface area contributed by atoms with Gasteiger partial charge in [-0.05, 0) is 49.7 Å². The molecule has 0 saturated carbocycles. The molecule has 0 radical (unpaired) electrons. The Balaban J connectivity index is 1.39. The van der Waals surface area contributed by atoms with Crippen LogP contribution in [0.2, 0.25) is 10.0 Å². The highest BCUT2D eigenvalue weighted by atomic mass is 35.5. The fourth-order valence-corrected chi connectivity index (χ4v) is 4.73. The molecule has 16 heteroatoms. The predicted octanol–water partition coefficient (Wildman–Crippen LogP) is 4.89. The summed E-state index contributed by atoms with van der Waals surface area (Å²) in [6.07, 6.45) is 1.22. The van der Waals surface area contributed by atoms with E-state index in [9.17, 15) is 24.5 Å². The average molecular weight is 646 g/mol. The molecule has 44 heavy (non-hydrogen) atoms. The third-order valence-corrected chi connectivity index (χ3v) is 6.77. The number of carbonyl (C=O) groups is 3. The van der Waals surface area contributed by atoms with Gasteiger partial charge in [-0.2, -0.15) is 5.10 Å². The summed E-state index contributed by atoms with van der Waals surface area (Å²) in [5, 5.41) is 20.3. The third-order valence-electron chi connectivity index (χ3n) is 6.15. The minimum absolute atomic E-state index is 0.110. The number of hydrogen-bond donors (Lipinski definition) is 3. The van der Waals surface area contributed by atoms with Gasteiger partial charge in [0, 0.05) is 17.3 Å². The van der Waals surface area contributed by atoms with Gasteiger partial charge in [-0.25, -0.2) is 15.0 Å². The van der Waals surface area contributed by atoms with Crippen LogP contribution in [0.3, 0.4) is 0 Å².